The molecular weight excluding hydrogens is 269 g/mol. The smallest absolute Gasteiger partial charge is 0.349 e. The maximum absolute atomic E-state index is 12.1. The van der Waals surface area contributed by atoms with E-state index in [1.807, 2.05) is 0 Å². The van der Waals surface area contributed by atoms with Gasteiger partial charge in [0, 0.05) is 5.56 Å². The molecule has 0 aromatic heterocycles. The molecule has 1 atom stereocenters. The summed E-state index contributed by atoms with van der Waals surface area (Å²) in [5.41, 5.74) is 6.65. The van der Waals surface area contributed by atoms with E-state index >= 15 is 0 Å². The zero-order valence-electron chi connectivity index (χ0n) is 10.9. The zero-order valence-corrected chi connectivity index (χ0v) is 10.9. The molecule has 1 rings (SSSR count). The molecule has 0 radical (unpaired) electrons. The zero-order chi connectivity index (χ0) is 15.2. The number of rotatable bonds is 3. The first-order chi connectivity index (χ1) is 9.31. The number of nitrogens with two attached hydrogens (primary N) is 1. The van der Waals surface area contributed by atoms with Crippen LogP contribution in [0.1, 0.15) is 30.5 Å². The summed E-state index contributed by atoms with van der Waals surface area (Å²) in [6.07, 6.45) is -5.98. The molecule has 3 nitrogen and oxygen atoms in total. The summed E-state index contributed by atoms with van der Waals surface area (Å²) in [6.45, 7) is 1.84. The van der Waals surface area contributed by atoms with Crippen molar-refractivity contribution in [3.8, 4) is 11.8 Å². The van der Waals surface area contributed by atoms with E-state index in [9.17, 15) is 18.0 Å². The summed E-state index contributed by atoms with van der Waals surface area (Å²) in [4.78, 5) is 11.2. The fraction of sp³-hybridized carbons (Fsp3) is 0.357. The third kappa shape index (κ3) is 5.76. The second kappa shape index (κ2) is 6.96. The molecule has 0 saturated carbocycles. The van der Waals surface area contributed by atoms with Gasteiger partial charge in [-0.1, -0.05) is 24.0 Å². The molecule has 0 spiro atoms. The molecular formula is C14H15F3N2O. The first-order valence-electron chi connectivity index (χ1n) is 5.97. The lowest BCUT2D eigenvalue weighted by molar-refractivity contribution is -0.154. The molecule has 6 heteroatoms. The number of amides is 1. The summed E-state index contributed by atoms with van der Waals surface area (Å²) >= 11 is 0. The van der Waals surface area contributed by atoms with Crippen LogP contribution in [0.3, 0.4) is 0 Å². The van der Waals surface area contributed by atoms with E-state index in [0.29, 0.717) is 11.1 Å². The van der Waals surface area contributed by atoms with Gasteiger partial charge in [0.1, 0.15) is 6.42 Å². The van der Waals surface area contributed by atoms with Crippen LogP contribution in [-0.2, 0) is 4.79 Å². The first kappa shape index (κ1) is 16.1. The largest absolute Gasteiger partial charge is 0.397 e. The average molecular weight is 284 g/mol. The Morgan fingerprint density at radius 2 is 2.15 bits per heavy atom. The Hall–Kier alpha value is -2.00. The summed E-state index contributed by atoms with van der Waals surface area (Å²) in [7, 11) is 0. The molecule has 0 bridgehead atoms. The minimum Gasteiger partial charge on any atom is -0.349 e. The highest BCUT2D eigenvalue weighted by molar-refractivity contribution is 5.77. The van der Waals surface area contributed by atoms with Crippen LogP contribution >= 0.6 is 0 Å². The molecule has 108 valence electrons. The van der Waals surface area contributed by atoms with Crippen molar-refractivity contribution in [2.45, 2.75) is 25.6 Å². The highest BCUT2D eigenvalue weighted by Crippen LogP contribution is 2.20. The molecule has 1 unspecified atom stereocenters. The quantitative estimate of drug-likeness (QED) is 0.835. The second-order valence-corrected chi connectivity index (χ2v) is 4.21. The summed E-state index contributed by atoms with van der Waals surface area (Å²) in [6, 6.07) is 6.39. The minimum absolute atomic E-state index is 0.224. The van der Waals surface area contributed by atoms with Crippen LogP contribution in [0.4, 0.5) is 13.2 Å². The molecule has 1 aromatic carbocycles. The van der Waals surface area contributed by atoms with E-state index in [1.165, 1.54) is 0 Å². The number of carbonyl (C=O) groups is 1. The predicted octanol–water partition coefficient (Wildman–Crippen LogP) is 2.13. The normalized spacial score (nSPS) is 12.2. The molecule has 0 aliphatic rings. The van der Waals surface area contributed by atoms with Crippen LogP contribution < -0.4 is 11.1 Å². The molecule has 3 N–H and O–H groups in total. The third-order valence-electron chi connectivity index (χ3n) is 2.46. The number of halogens is 3. The molecule has 1 amide bonds. The Morgan fingerprint density at radius 1 is 1.45 bits per heavy atom. The van der Waals surface area contributed by atoms with Gasteiger partial charge < -0.3 is 11.1 Å². The average Bonchev–Trinajstić information content (AvgIpc) is 2.34. The van der Waals surface area contributed by atoms with Crippen molar-refractivity contribution in [2.75, 3.05) is 6.54 Å². The molecule has 0 heterocycles. The molecule has 1 aromatic rings. The van der Waals surface area contributed by atoms with Gasteiger partial charge in [0.15, 0.2) is 0 Å². The van der Waals surface area contributed by atoms with Gasteiger partial charge in [-0.3, -0.25) is 4.79 Å². The van der Waals surface area contributed by atoms with Crippen molar-refractivity contribution in [2.24, 2.45) is 5.73 Å². The van der Waals surface area contributed by atoms with E-state index in [1.54, 1.807) is 31.2 Å². The number of nitrogens with one attached hydrogen (secondary N) is 1. The SMILES string of the molecule is CC(NC(=O)CC(F)(F)F)c1cccc(C#CCN)c1. The van der Waals surface area contributed by atoms with Gasteiger partial charge in [0.2, 0.25) is 5.91 Å². The van der Waals surface area contributed by atoms with Crippen LogP contribution in [0.5, 0.6) is 0 Å². The van der Waals surface area contributed by atoms with Crippen LogP contribution in [0, 0.1) is 11.8 Å². The van der Waals surface area contributed by atoms with Crippen molar-refractivity contribution in [1.29, 1.82) is 0 Å². The Balaban J connectivity index is 2.72. The monoisotopic (exact) mass is 284 g/mol. The number of alkyl halides is 3. The Morgan fingerprint density at radius 3 is 2.75 bits per heavy atom. The lowest BCUT2D eigenvalue weighted by atomic mass is 10.1. The standard InChI is InChI=1S/C14H15F3N2O/c1-10(19-13(20)9-14(15,16)17)12-6-2-4-11(8-12)5-3-7-18/h2,4,6,8,10H,7,9,18H2,1H3,(H,19,20). The van der Waals surface area contributed by atoms with E-state index in [-0.39, 0.29) is 6.54 Å². The van der Waals surface area contributed by atoms with Crippen LogP contribution in [0.25, 0.3) is 0 Å². The number of hydrogen-bond donors (Lipinski definition) is 2. The van der Waals surface area contributed by atoms with E-state index in [2.05, 4.69) is 17.2 Å². The van der Waals surface area contributed by atoms with Crippen molar-refractivity contribution in [3.63, 3.8) is 0 Å². The maximum atomic E-state index is 12.1. The summed E-state index contributed by atoms with van der Waals surface area (Å²) in [5.74, 6) is 4.46. The minimum atomic E-state index is -4.50. The molecule has 0 aliphatic carbocycles. The van der Waals surface area contributed by atoms with Gasteiger partial charge in [0.25, 0.3) is 0 Å². The lowest BCUT2D eigenvalue weighted by Gasteiger charge is -2.15. The first-order valence-corrected chi connectivity index (χ1v) is 5.97. The van der Waals surface area contributed by atoms with Crippen molar-refractivity contribution < 1.29 is 18.0 Å². The number of hydrogen-bond acceptors (Lipinski definition) is 2. The fourth-order valence-electron chi connectivity index (χ4n) is 1.60. The molecule has 20 heavy (non-hydrogen) atoms. The van der Waals surface area contributed by atoms with Crippen LogP contribution in [0.2, 0.25) is 0 Å². The van der Waals surface area contributed by atoms with Gasteiger partial charge in [-0.15, -0.1) is 0 Å². The molecule has 0 saturated heterocycles. The van der Waals surface area contributed by atoms with Crippen LogP contribution in [-0.4, -0.2) is 18.6 Å². The van der Waals surface area contributed by atoms with Crippen molar-refractivity contribution >= 4 is 5.91 Å². The second-order valence-electron chi connectivity index (χ2n) is 4.21. The third-order valence-corrected chi connectivity index (χ3v) is 2.46. The lowest BCUT2D eigenvalue weighted by Crippen LogP contribution is -2.30. The van der Waals surface area contributed by atoms with E-state index in [0.717, 1.165) is 0 Å². The highest BCUT2D eigenvalue weighted by Gasteiger charge is 2.31. The summed E-state index contributed by atoms with van der Waals surface area (Å²) < 4.78 is 36.2. The maximum Gasteiger partial charge on any atom is 0.397 e. The van der Waals surface area contributed by atoms with E-state index in [4.69, 9.17) is 5.73 Å². The number of benzene rings is 1. The number of carbonyl (C=O) groups excluding carboxylic acids is 1. The molecule has 0 aliphatic heterocycles. The highest BCUT2D eigenvalue weighted by atomic mass is 19.4. The van der Waals surface area contributed by atoms with Gasteiger partial charge in [-0.05, 0) is 24.6 Å². The van der Waals surface area contributed by atoms with Crippen molar-refractivity contribution in [3.05, 3.63) is 35.4 Å². The van der Waals surface area contributed by atoms with Crippen LogP contribution in [0.15, 0.2) is 24.3 Å². The topological polar surface area (TPSA) is 55.1 Å². The van der Waals surface area contributed by atoms with Gasteiger partial charge in [-0.25, -0.2) is 0 Å². The Kier molecular flexibility index (Phi) is 5.59. The van der Waals surface area contributed by atoms with Gasteiger partial charge in [-0.2, -0.15) is 13.2 Å². The van der Waals surface area contributed by atoms with Gasteiger partial charge >= 0.3 is 6.18 Å². The van der Waals surface area contributed by atoms with Crippen molar-refractivity contribution in [1.82, 2.24) is 5.32 Å². The predicted molar refractivity (Wildman–Crippen MR) is 69.6 cm³/mol. The van der Waals surface area contributed by atoms with E-state index < -0.39 is 24.5 Å². The fourth-order valence-corrected chi connectivity index (χ4v) is 1.60. The van der Waals surface area contributed by atoms with Gasteiger partial charge in [0.05, 0.1) is 12.6 Å². The Bertz CT molecular complexity index is 529. The summed E-state index contributed by atoms with van der Waals surface area (Å²) in [5, 5.41) is 2.30. The molecule has 0 fully saturated rings. The Labute approximate surface area is 115 Å².